The lowest BCUT2D eigenvalue weighted by Crippen LogP contribution is -2.52. The molecule has 1 aromatic carbocycles. The molecule has 1 fully saturated rings. The van der Waals surface area contributed by atoms with Crippen LogP contribution in [0.1, 0.15) is 18.5 Å². The molecule has 1 aromatic rings. The number of nitrogens with one attached hydrogen (secondary N) is 2. The van der Waals surface area contributed by atoms with Crippen molar-refractivity contribution < 1.29 is 14.0 Å². The lowest BCUT2D eigenvalue weighted by atomic mass is 10.1. The molecule has 2 rings (SSSR count). The highest BCUT2D eigenvalue weighted by atomic mass is 35.5. The van der Waals surface area contributed by atoms with Crippen LogP contribution in [0.5, 0.6) is 0 Å². The topological polar surface area (TPSA) is 61.4 Å². The van der Waals surface area contributed by atoms with Gasteiger partial charge in [-0.05, 0) is 19.1 Å². The Kier molecular flexibility index (Phi) is 5.61. The van der Waals surface area contributed by atoms with Gasteiger partial charge in [0.25, 0.3) is 0 Å². The molecule has 1 saturated heterocycles. The molecule has 1 aliphatic rings. The molecule has 1 heterocycles. The number of hydrogen-bond donors (Lipinski definition) is 2. The highest BCUT2D eigenvalue weighted by Gasteiger charge is 2.22. The molecule has 8 heteroatoms. The van der Waals surface area contributed by atoms with Gasteiger partial charge in [0.15, 0.2) is 0 Å². The molecular weight excluding hydrogens is 332 g/mol. The molecule has 0 bridgehead atoms. The summed E-state index contributed by atoms with van der Waals surface area (Å²) < 4.78 is 13.5. The summed E-state index contributed by atoms with van der Waals surface area (Å²) in [6, 6.07) is 2.21. The SMILES string of the molecule is C[C@@H](NCC(=O)N1CCNC(=O)C1)c1c(Cl)ccc(F)c1Cl. The van der Waals surface area contributed by atoms with Gasteiger partial charge in [0.2, 0.25) is 11.8 Å². The minimum Gasteiger partial charge on any atom is -0.353 e. The normalized spacial score (nSPS) is 16.4. The Labute approximate surface area is 137 Å². The fraction of sp³-hybridized carbons (Fsp3) is 0.429. The van der Waals surface area contributed by atoms with E-state index in [9.17, 15) is 14.0 Å². The van der Waals surface area contributed by atoms with Crippen LogP contribution in [0.3, 0.4) is 0 Å². The molecule has 0 aromatic heterocycles. The number of carbonyl (C=O) groups excluding carboxylic acids is 2. The van der Waals surface area contributed by atoms with Crippen molar-refractivity contribution in [1.29, 1.82) is 0 Å². The number of nitrogens with zero attached hydrogens (tertiary/aromatic N) is 1. The maximum Gasteiger partial charge on any atom is 0.239 e. The Hall–Kier alpha value is -1.37. The number of rotatable bonds is 4. The number of carbonyl (C=O) groups is 2. The molecule has 2 N–H and O–H groups in total. The summed E-state index contributed by atoms with van der Waals surface area (Å²) in [6.07, 6.45) is 0. The van der Waals surface area contributed by atoms with Gasteiger partial charge in [-0.2, -0.15) is 0 Å². The van der Waals surface area contributed by atoms with Crippen molar-refractivity contribution >= 4 is 35.0 Å². The molecule has 5 nitrogen and oxygen atoms in total. The quantitative estimate of drug-likeness (QED) is 0.815. The molecule has 1 atom stereocenters. The molecule has 0 aliphatic carbocycles. The van der Waals surface area contributed by atoms with E-state index in [4.69, 9.17) is 23.2 Å². The predicted octanol–water partition coefficient (Wildman–Crippen LogP) is 1.74. The fourth-order valence-electron chi connectivity index (χ4n) is 2.25. The smallest absolute Gasteiger partial charge is 0.239 e. The minimum atomic E-state index is -0.561. The zero-order chi connectivity index (χ0) is 16.3. The Morgan fingerprint density at radius 3 is 2.91 bits per heavy atom. The van der Waals surface area contributed by atoms with Gasteiger partial charge < -0.3 is 15.5 Å². The van der Waals surface area contributed by atoms with Crippen molar-refractivity contribution in [2.45, 2.75) is 13.0 Å². The van der Waals surface area contributed by atoms with Crippen LogP contribution >= 0.6 is 23.2 Å². The third-order valence-electron chi connectivity index (χ3n) is 3.46. The summed E-state index contributed by atoms with van der Waals surface area (Å²) >= 11 is 12.0. The Bertz CT molecular complexity index is 598. The second-order valence-corrected chi connectivity index (χ2v) is 5.81. The van der Waals surface area contributed by atoms with Gasteiger partial charge in [0.1, 0.15) is 5.82 Å². The summed E-state index contributed by atoms with van der Waals surface area (Å²) in [4.78, 5) is 24.8. The fourth-order valence-corrected chi connectivity index (χ4v) is 2.94. The van der Waals surface area contributed by atoms with E-state index in [0.29, 0.717) is 23.7 Å². The van der Waals surface area contributed by atoms with Gasteiger partial charge in [0.05, 0.1) is 18.1 Å². The molecule has 22 heavy (non-hydrogen) atoms. The Morgan fingerprint density at radius 1 is 1.50 bits per heavy atom. The maximum atomic E-state index is 13.5. The van der Waals surface area contributed by atoms with Crippen LogP contribution < -0.4 is 10.6 Å². The van der Waals surface area contributed by atoms with Crippen LogP contribution in [0.4, 0.5) is 4.39 Å². The highest BCUT2D eigenvalue weighted by Crippen LogP contribution is 2.32. The predicted molar refractivity (Wildman–Crippen MR) is 82.4 cm³/mol. The molecule has 0 unspecified atom stereocenters. The van der Waals surface area contributed by atoms with Gasteiger partial charge in [0, 0.05) is 29.7 Å². The van der Waals surface area contributed by atoms with Crippen molar-refractivity contribution in [3.05, 3.63) is 33.6 Å². The molecule has 120 valence electrons. The van der Waals surface area contributed by atoms with E-state index in [-0.39, 0.29) is 29.9 Å². The van der Waals surface area contributed by atoms with Crippen LogP contribution in [0.15, 0.2) is 12.1 Å². The number of piperazine rings is 1. The van der Waals surface area contributed by atoms with E-state index in [2.05, 4.69) is 10.6 Å². The number of benzene rings is 1. The van der Waals surface area contributed by atoms with E-state index in [1.165, 1.54) is 17.0 Å². The van der Waals surface area contributed by atoms with E-state index in [0.717, 1.165) is 0 Å². The Balaban J connectivity index is 1.98. The maximum absolute atomic E-state index is 13.5. The third kappa shape index (κ3) is 3.88. The van der Waals surface area contributed by atoms with Crippen LogP contribution in [0, 0.1) is 5.82 Å². The molecule has 0 spiro atoms. The summed E-state index contributed by atoms with van der Waals surface area (Å²) in [5, 5.41) is 5.88. The molecule has 0 saturated carbocycles. The van der Waals surface area contributed by atoms with Gasteiger partial charge >= 0.3 is 0 Å². The highest BCUT2D eigenvalue weighted by molar-refractivity contribution is 6.36. The van der Waals surface area contributed by atoms with Gasteiger partial charge in [-0.25, -0.2) is 4.39 Å². The summed E-state index contributed by atoms with van der Waals surface area (Å²) in [5.74, 6) is -0.942. The summed E-state index contributed by atoms with van der Waals surface area (Å²) in [5.41, 5.74) is 0.410. The first kappa shape index (κ1) is 17.0. The zero-order valence-corrected chi connectivity index (χ0v) is 13.5. The van der Waals surface area contributed by atoms with Crippen molar-refractivity contribution in [3.8, 4) is 0 Å². The molecule has 2 amide bonds. The first-order valence-corrected chi connectivity index (χ1v) is 7.57. The number of hydrogen-bond acceptors (Lipinski definition) is 3. The van der Waals surface area contributed by atoms with Crippen molar-refractivity contribution in [1.82, 2.24) is 15.5 Å². The van der Waals surface area contributed by atoms with E-state index in [1.54, 1.807) is 6.92 Å². The first-order chi connectivity index (χ1) is 10.4. The minimum absolute atomic E-state index is 0.0115. The molecular formula is C14H16Cl2FN3O2. The monoisotopic (exact) mass is 347 g/mol. The average molecular weight is 348 g/mol. The summed E-state index contributed by atoms with van der Waals surface area (Å²) in [7, 11) is 0. The van der Waals surface area contributed by atoms with Crippen molar-refractivity contribution in [2.24, 2.45) is 0 Å². The Morgan fingerprint density at radius 2 is 2.23 bits per heavy atom. The van der Waals surface area contributed by atoms with Crippen molar-refractivity contribution in [2.75, 3.05) is 26.2 Å². The third-order valence-corrected chi connectivity index (χ3v) is 4.18. The van der Waals surface area contributed by atoms with Gasteiger partial charge in [-0.15, -0.1) is 0 Å². The van der Waals surface area contributed by atoms with Crippen molar-refractivity contribution in [3.63, 3.8) is 0 Å². The molecule has 1 aliphatic heterocycles. The largest absolute Gasteiger partial charge is 0.353 e. The molecule has 0 radical (unpaired) electrons. The lowest BCUT2D eigenvalue weighted by Gasteiger charge is -2.27. The van der Waals surface area contributed by atoms with Crippen LogP contribution in [0.25, 0.3) is 0 Å². The standard InChI is InChI=1S/C14H16Cl2FN3O2/c1-8(13-9(15)2-3-10(17)14(13)16)19-6-12(22)20-5-4-18-11(21)7-20/h2-3,8,19H,4-7H2,1H3,(H,18,21)/t8-/m1/s1. The number of amides is 2. The second-order valence-electron chi connectivity index (χ2n) is 5.02. The van der Waals surface area contributed by atoms with Gasteiger partial charge in [-0.3, -0.25) is 9.59 Å². The zero-order valence-electron chi connectivity index (χ0n) is 12.0. The van der Waals surface area contributed by atoms with Crippen LogP contribution in [-0.2, 0) is 9.59 Å². The van der Waals surface area contributed by atoms with E-state index < -0.39 is 11.9 Å². The second kappa shape index (κ2) is 7.26. The van der Waals surface area contributed by atoms with Crippen LogP contribution in [0.2, 0.25) is 10.0 Å². The summed E-state index contributed by atoms with van der Waals surface area (Å²) in [6.45, 7) is 2.72. The lowest BCUT2D eigenvalue weighted by molar-refractivity contribution is -0.137. The van der Waals surface area contributed by atoms with E-state index >= 15 is 0 Å². The van der Waals surface area contributed by atoms with E-state index in [1.807, 2.05) is 0 Å². The average Bonchev–Trinajstić information content (AvgIpc) is 2.49. The number of halogens is 3. The first-order valence-electron chi connectivity index (χ1n) is 6.81. The van der Waals surface area contributed by atoms with Crippen LogP contribution in [-0.4, -0.2) is 42.9 Å². The van der Waals surface area contributed by atoms with Gasteiger partial charge in [-0.1, -0.05) is 23.2 Å².